The lowest BCUT2D eigenvalue weighted by Gasteiger charge is -2.37. The third kappa shape index (κ3) is 7.85. The van der Waals surface area contributed by atoms with Gasteiger partial charge in [0.2, 0.25) is 5.91 Å². The molecule has 1 aliphatic carbocycles. The number of hydrogen-bond acceptors (Lipinski definition) is 6. The number of carbonyl (C=O) groups excluding carboxylic acids is 2. The average Bonchev–Trinajstić information content (AvgIpc) is 3.89. The fourth-order valence-corrected chi connectivity index (χ4v) is 7.27. The SMILES string of the molecule is COCCCN1CC(CN(C(=O)[C@H]2CNCC[C@@H]2c2cccc(-c3ccc(C(=O)NCCC(=O)O)cc3)c2)C2CC2)c2ccccc21. The van der Waals surface area contributed by atoms with E-state index in [2.05, 4.69) is 69.0 Å². The number of piperidine rings is 1. The van der Waals surface area contributed by atoms with Gasteiger partial charge >= 0.3 is 5.97 Å². The number of carbonyl (C=O) groups is 3. The molecule has 2 aliphatic heterocycles. The van der Waals surface area contributed by atoms with Crippen LogP contribution in [-0.2, 0) is 14.3 Å². The Morgan fingerprint density at radius 2 is 1.81 bits per heavy atom. The number of fused-ring (bicyclic) bond motifs is 1. The van der Waals surface area contributed by atoms with Crippen molar-refractivity contribution in [2.45, 2.75) is 50.0 Å². The van der Waals surface area contributed by atoms with E-state index in [9.17, 15) is 14.4 Å². The van der Waals surface area contributed by atoms with E-state index in [0.29, 0.717) is 24.1 Å². The highest BCUT2D eigenvalue weighted by atomic mass is 16.5. The summed E-state index contributed by atoms with van der Waals surface area (Å²) in [5, 5.41) is 15.0. The first kappa shape index (κ1) is 32.7. The summed E-state index contributed by atoms with van der Waals surface area (Å²) in [6, 6.07) is 24.8. The number of para-hydroxylation sites is 1. The van der Waals surface area contributed by atoms with Gasteiger partial charge in [-0.1, -0.05) is 54.6 Å². The molecule has 1 saturated heterocycles. The molecule has 3 atom stereocenters. The fourth-order valence-electron chi connectivity index (χ4n) is 7.27. The highest BCUT2D eigenvalue weighted by Gasteiger charge is 2.42. The molecule has 0 spiro atoms. The van der Waals surface area contributed by atoms with Gasteiger partial charge in [-0.05, 0) is 78.6 Å². The van der Waals surface area contributed by atoms with Gasteiger partial charge in [0, 0.05) is 69.7 Å². The number of benzene rings is 3. The number of anilines is 1. The maximum absolute atomic E-state index is 14.5. The van der Waals surface area contributed by atoms with E-state index in [1.807, 2.05) is 12.1 Å². The first-order valence-corrected chi connectivity index (χ1v) is 17.0. The van der Waals surface area contributed by atoms with Gasteiger partial charge in [-0.15, -0.1) is 0 Å². The molecule has 0 bridgehead atoms. The number of nitrogens with one attached hydrogen (secondary N) is 2. The topological polar surface area (TPSA) is 111 Å². The number of amides is 2. The predicted molar refractivity (Wildman–Crippen MR) is 183 cm³/mol. The smallest absolute Gasteiger partial charge is 0.305 e. The summed E-state index contributed by atoms with van der Waals surface area (Å²) in [4.78, 5) is 42.4. The first-order valence-electron chi connectivity index (χ1n) is 17.0. The first-order chi connectivity index (χ1) is 22.9. The van der Waals surface area contributed by atoms with Crippen LogP contribution < -0.4 is 15.5 Å². The monoisotopic (exact) mass is 638 g/mol. The van der Waals surface area contributed by atoms with Crippen molar-refractivity contribution in [1.82, 2.24) is 15.5 Å². The van der Waals surface area contributed by atoms with Crippen LogP contribution in [0.15, 0.2) is 72.8 Å². The minimum absolute atomic E-state index is 0.0908. The van der Waals surface area contributed by atoms with Crippen LogP contribution in [0.4, 0.5) is 5.69 Å². The minimum atomic E-state index is -0.946. The van der Waals surface area contributed by atoms with Crippen molar-refractivity contribution in [1.29, 1.82) is 0 Å². The van der Waals surface area contributed by atoms with Crippen molar-refractivity contribution in [2.24, 2.45) is 5.92 Å². The molecular weight excluding hydrogens is 592 g/mol. The zero-order valence-corrected chi connectivity index (χ0v) is 27.2. The number of carboxylic acid groups (broad SMARTS) is 1. The molecule has 2 amide bonds. The van der Waals surface area contributed by atoms with Crippen molar-refractivity contribution in [3.05, 3.63) is 89.5 Å². The second-order valence-corrected chi connectivity index (χ2v) is 13.1. The Hall–Kier alpha value is -4.21. The zero-order chi connectivity index (χ0) is 32.8. The molecule has 0 aromatic heterocycles. The van der Waals surface area contributed by atoms with Crippen LogP contribution in [0.25, 0.3) is 11.1 Å². The summed E-state index contributed by atoms with van der Waals surface area (Å²) in [7, 11) is 1.75. The zero-order valence-electron chi connectivity index (χ0n) is 27.2. The summed E-state index contributed by atoms with van der Waals surface area (Å²) in [6.07, 6.45) is 3.91. The largest absolute Gasteiger partial charge is 0.481 e. The molecule has 2 heterocycles. The molecular formula is C38H46N4O5. The Morgan fingerprint density at radius 3 is 2.57 bits per heavy atom. The Labute approximate surface area is 277 Å². The van der Waals surface area contributed by atoms with Gasteiger partial charge in [0.1, 0.15) is 0 Å². The Balaban J connectivity index is 1.16. The van der Waals surface area contributed by atoms with Crippen molar-refractivity contribution in [3.63, 3.8) is 0 Å². The number of hydrogen-bond donors (Lipinski definition) is 3. The lowest BCUT2D eigenvalue weighted by molar-refractivity contribution is -0.138. The van der Waals surface area contributed by atoms with Gasteiger partial charge in [-0.2, -0.15) is 0 Å². The molecule has 3 aromatic rings. The standard InChI is InChI=1S/C38H46N4O5/c1-47-21-5-20-41-24-30(33-8-2-3-9-35(33)41)25-42(31-14-15-31)38(46)34-23-39-18-16-32(34)29-7-4-6-28(22-29)26-10-12-27(13-11-26)37(45)40-19-17-36(43)44/h2-4,6-13,22,30-32,34,39H,5,14-21,23-25H2,1H3,(H,40,45)(H,43,44)/t30?,32-,34+/m1/s1. The lowest BCUT2D eigenvalue weighted by Crippen LogP contribution is -2.48. The Bertz CT molecular complexity index is 1560. The van der Waals surface area contributed by atoms with Crippen LogP contribution in [0.2, 0.25) is 0 Å². The molecule has 248 valence electrons. The average molecular weight is 639 g/mol. The summed E-state index contributed by atoms with van der Waals surface area (Å²) in [5.74, 6) is -0.694. The van der Waals surface area contributed by atoms with E-state index in [1.54, 1.807) is 19.2 Å². The maximum Gasteiger partial charge on any atom is 0.305 e. The molecule has 3 aliphatic rings. The van der Waals surface area contributed by atoms with Gasteiger partial charge in [0.25, 0.3) is 5.91 Å². The maximum atomic E-state index is 14.5. The number of aliphatic carboxylic acids is 1. The minimum Gasteiger partial charge on any atom is -0.481 e. The summed E-state index contributed by atoms with van der Waals surface area (Å²) in [5.41, 5.74) is 6.32. The summed E-state index contributed by atoms with van der Waals surface area (Å²) < 4.78 is 5.31. The second kappa shape index (κ2) is 15.1. The second-order valence-electron chi connectivity index (χ2n) is 13.1. The Kier molecular flexibility index (Phi) is 10.5. The molecule has 3 N–H and O–H groups in total. The number of carboxylic acids is 1. The number of ether oxygens (including phenoxy) is 1. The van der Waals surface area contributed by atoms with Crippen molar-refractivity contribution < 1.29 is 24.2 Å². The van der Waals surface area contributed by atoms with Crippen molar-refractivity contribution >= 4 is 23.5 Å². The van der Waals surface area contributed by atoms with Crippen LogP contribution in [0, 0.1) is 5.92 Å². The van der Waals surface area contributed by atoms with E-state index >= 15 is 0 Å². The van der Waals surface area contributed by atoms with Crippen molar-refractivity contribution in [3.8, 4) is 11.1 Å². The molecule has 9 heteroatoms. The van der Waals surface area contributed by atoms with Crippen molar-refractivity contribution in [2.75, 3.05) is 57.9 Å². The van der Waals surface area contributed by atoms with Crippen LogP contribution >= 0.6 is 0 Å². The van der Waals surface area contributed by atoms with Crippen LogP contribution in [0.3, 0.4) is 0 Å². The number of methoxy groups -OCH3 is 1. The van der Waals surface area contributed by atoms with E-state index in [4.69, 9.17) is 9.84 Å². The molecule has 1 saturated carbocycles. The van der Waals surface area contributed by atoms with Crippen LogP contribution in [-0.4, -0.2) is 86.8 Å². The molecule has 9 nitrogen and oxygen atoms in total. The third-order valence-electron chi connectivity index (χ3n) is 9.84. The molecule has 0 radical (unpaired) electrons. The molecule has 47 heavy (non-hydrogen) atoms. The van der Waals surface area contributed by atoms with Gasteiger partial charge < -0.3 is 30.3 Å². The number of rotatable bonds is 14. The third-order valence-corrected chi connectivity index (χ3v) is 9.84. The van der Waals surface area contributed by atoms with Gasteiger partial charge in [-0.25, -0.2) is 0 Å². The van der Waals surface area contributed by atoms with Gasteiger partial charge in [0.05, 0.1) is 12.3 Å². The number of nitrogens with zero attached hydrogens (tertiary/aromatic N) is 2. The van der Waals surface area contributed by atoms with E-state index < -0.39 is 5.97 Å². The molecule has 2 fully saturated rings. The van der Waals surface area contributed by atoms with Crippen LogP contribution in [0.1, 0.15) is 65.4 Å². The van der Waals surface area contributed by atoms with E-state index in [0.717, 1.165) is 69.6 Å². The summed E-state index contributed by atoms with van der Waals surface area (Å²) >= 11 is 0. The van der Waals surface area contributed by atoms with Gasteiger partial charge in [0.15, 0.2) is 0 Å². The molecule has 3 aromatic carbocycles. The van der Waals surface area contributed by atoms with E-state index in [1.165, 1.54) is 16.8 Å². The van der Waals surface area contributed by atoms with Crippen LogP contribution in [0.5, 0.6) is 0 Å². The fraction of sp³-hybridized carbons (Fsp3) is 0.447. The Morgan fingerprint density at radius 1 is 1.00 bits per heavy atom. The highest BCUT2D eigenvalue weighted by molar-refractivity contribution is 5.94. The highest BCUT2D eigenvalue weighted by Crippen LogP contribution is 2.41. The summed E-state index contributed by atoms with van der Waals surface area (Å²) in [6.45, 7) is 5.01. The molecule has 6 rings (SSSR count). The lowest BCUT2D eigenvalue weighted by atomic mass is 9.79. The normalized spacial score (nSPS) is 20.4. The molecule has 1 unspecified atom stereocenters. The van der Waals surface area contributed by atoms with Gasteiger partial charge in [-0.3, -0.25) is 14.4 Å². The van der Waals surface area contributed by atoms with E-state index in [-0.39, 0.29) is 36.6 Å². The predicted octanol–water partition coefficient (Wildman–Crippen LogP) is 4.88. The quantitative estimate of drug-likeness (QED) is 0.216.